The summed E-state index contributed by atoms with van der Waals surface area (Å²) in [5.74, 6) is 0. The second-order valence-corrected chi connectivity index (χ2v) is 2.75. The first-order chi connectivity index (χ1) is 5.24. The Morgan fingerprint density at radius 2 is 2.18 bits per heavy atom. The van der Waals surface area contributed by atoms with E-state index in [1.54, 1.807) is 6.08 Å². The summed E-state index contributed by atoms with van der Waals surface area (Å²) >= 11 is 0. The van der Waals surface area contributed by atoms with Crippen molar-refractivity contribution < 1.29 is 10.4 Å². The molecule has 0 amide bonds. The highest BCUT2D eigenvalue weighted by atomic mass is 16.5. The minimum atomic E-state index is -0.00810. The third kappa shape index (κ3) is 2.27. The number of rotatable bonds is 2. The molecule has 1 unspecified atom stereocenters. The largest absolute Gasteiger partial charge is 0.314 e. The van der Waals surface area contributed by atoms with Gasteiger partial charge in [0.2, 0.25) is 0 Å². The van der Waals surface area contributed by atoms with Crippen LogP contribution in [0.2, 0.25) is 0 Å². The van der Waals surface area contributed by atoms with Crippen LogP contribution in [0, 0.1) is 0 Å². The highest BCUT2D eigenvalue weighted by Crippen LogP contribution is 2.08. The Balaban J connectivity index is 2.40. The minimum absolute atomic E-state index is 0.00810. The van der Waals surface area contributed by atoms with Crippen LogP contribution in [0.1, 0.15) is 6.42 Å². The van der Waals surface area contributed by atoms with Gasteiger partial charge in [-0.25, -0.2) is 0 Å². The van der Waals surface area contributed by atoms with E-state index in [-0.39, 0.29) is 6.04 Å². The Morgan fingerprint density at radius 3 is 2.82 bits per heavy atom. The van der Waals surface area contributed by atoms with Crippen molar-refractivity contribution in [3.8, 4) is 0 Å². The lowest BCUT2D eigenvalue weighted by Gasteiger charge is -2.33. The molecule has 0 aromatic rings. The highest BCUT2D eigenvalue weighted by molar-refractivity contribution is 4.81. The molecule has 4 heteroatoms. The average Bonchev–Trinajstić information content (AvgIpc) is 1.98. The summed E-state index contributed by atoms with van der Waals surface area (Å²) in [6, 6.07) is -0.00810. The molecule has 1 atom stereocenters. The number of hydroxylamine groups is 4. The Kier molecular flexibility index (Phi) is 3.02. The van der Waals surface area contributed by atoms with Gasteiger partial charge in [-0.1, -0.05) is 6.08 Å². The van der Waals surface area contributed by atoms with Crippen molar-refractivity contribution in [3.63, 3.8) is 0 Å². The number of nitrogens with zero attached hydrogens (tertiary/aromatic N) is 2. The summed E-state index contributed by atoms with van der Waals surface area (Å²) in [6.07, 6.45) is 2.45. The highest BCUT2D eigenvalue weighted by Gasteiger charge is 2.23. The van der Waals surface area contributed by atoms with Gasteiger partial charge in [0, 0.05) is 19.6 Å². The van der Waals surface area contributed by atoms with Crippen molar-refractivity contribution in [1.82, 2.24) is 10.1 Å². The number of hydrogen-bond acceptors (Lipinski definition) is 4. The van der Waals surface area contributed by atoms with Gasteiger partial charge < -0.3 is 10.4 Å². The predicted octanol–water partition coefficient (Wildman–Crippen LogP) is 0.327. The van der Waals surface area contributed by atoms with Crippen molar-refractivity contribution in [3.05, 3.63) is 12.7 Å². The van der Waals surface area contributed by atoms with Crippen LogP contribution in [-0.4, -0.2) is 46.2 Å². The van der Waals surface area contributed by atoms with Gasteiger partial charge in [0.15, 0.2) is 0 Å². The van der Waals surface area contributed by atoms with Gasteiger partial charge >= 0.3 is 0 Å². The summed E-state index contributed by atoms with van der Waals surface area (Å²) in [6.45, 7) is 5.06. The van der Waals surface area contributed by atoms with Gasteiger partial charge in [-0.15, -0.1) is 6.58 Å². The molecule has 0 bridgehead atoms. The maximum Gasteiger partial charge on any atom is 0.0535 e. The van der Waals surface area contributed by atoms with E-state index in [2.05, 4.69) is 6.58 Å². The first-order valence-corrected chi connectivity index (χ1v) is 3.74. The van der Waals surface area contributed by atoms with E-state index < -0.39 is 0 Å². The second-order valence-electron chi connectivity index (χ2n) is 2.75. The maximum atomic E-state index is 9.27. The Bertz CT molecular complexity index is 140. The lowest BCUT2D eigenvalue weighted by Crippen LogP contribution is -2.50. The van der Waals surface area contributed by atoms with Crippen LogP contribution in [0.15, 0.2) is 12.7 Å². The van der Waals surface area contributed by atoms with Crippen molar-refractivity contribution in [1.29, 1.82) is 0 Å². The van der Waals surface area contributed by atoms with Gasteiger partial charge in [-0.2, -0.15) is 10.1 Å². The Hall–Kier alpha value is -0.420. The minimum Gasteiger partial charge on any atom is -0.314 e. The fourth-order valence-electron chi connectivity index (χ4n) is 1.22. The summed E-state index contributed by atoms with van der Waals surface area (Å²) in [5, 5.41) is 20.8. The predicted molar refractivity (Wildman–Crippen MR) is 40.5 cm³/mol. The maximum absolute atomic E-state index is 9.27. The smallest absolute Gasteiger partial charge is 0.0535 e. The lowest BCUT2D eigenvalue weighted by atomic mass is 10.1. The Labute approximate surface area is 66.2 Å². The molecule has 4 nitrogen and oxygen atoms in total. The van der Waals surface area contributed by atoms with Crippen LogP contribution < -0.4 is 0 Å². The molecule has 1 aliphatic heterocycles. The normalized spacial score (nSPS) is 28.7. The van der Waals surface area contributed by atoms with Gasteiger partial charge in [-0.3, -0.25) is 0 Å². The molecule has 2 N–H and O–H groups in total. The third-order valence-electron chi connectivity index (χ3n) is 1.87. The quantitative estimate of drug-likeness (QED) is 0.568. The molecule has 0 saturated carbocycles. The molecule has 11 heavy (non-hydrogen) atoms. The number of hydrogen-bond donors (Lipinski definition) is 2. The van der Waals surface area contributed by atoms with E-state index in [4.69, 9.17) is 5.21 Å². The van der Waals surface area contributed by atoms with Gasteiger partial charge in [-0.05, 0) is 6.42 Å². The lowest BCUT2D eigenvalue weighted by molar-refractivity contribution is -0.212. The zero-order chi connectivity index (χ0) is 8.27. The fraction of sp³-hybridized carbons (Fsp3) is 0.714. The van der Waals surface area contributed by atoms with E-state index in [9.17, 15) is 5.21 Å². The molecule has 0 aromatic heterocycles. The van der Waals surface area contributed by atoms with Crippen LogP contribution in [-0.2, 0) is 0 Å². The van der Waals surface area contributed by atoms with E-state index in [1.807, 2.05) is 0 Å². The first kappa shape index (κ1) is 8.67. The molecule has 0 radical (unpaired) electrons. The van der Waals surface area contributed by atoms with Crippen LogP contribution in [0.3, 0.4) is 0 Å². The van der Waals surface area contributed by atoms with Crippen molar-refractivity contribution in [2.75, 3.05) is 19.6 Å². The van der Waals surface area contributed by atoms with Crippen LogP contribution in [0.4, 0.5) is 0 Å². The average molecular weight is 158 g/mol. The van der Waals surface area contributed by atoms with Gasteiger partial charge in [0.1, 0.15) is 0 Å². The topological polar surface area (TPSA) is 46.9 Å². The zero-order valence-corrected chi connectivity index (χ0v) is 6.48. The van der Waals surface area contributed by atoms with E-state index in [0.29, 0.717) is 26.1 Å². The van der Waals surface area contributed by atoms with Crippen molar-refractivity contribution in [2.45, 2.75) is 12.5 Å². The van der Waals surface area contributed by atoms with Gasteiger partial charge in [0.05, 0.1) is 6.04 Å². The zero-order valence-electron chi connectivity index (χ0n) is 6.48. The van der Waals surface area contributed by atoms with E-state index in [0.717, 1.165) is 0 Å². The molecule has 1 saturated heterocycles. The summed E-state index contributed by atoms with van der Waals surface area (Å²) < 4.78 is 0. The van der Waals surface area contributed by atoms with E-state index >= 15 is 0 Å². The molecule has 1 rings (SSSR count). The molecule has 0 aromatic carbocycles. The molecule has 0 spiro atoms. The molecule has 64 valence electrons. The standard InChI is InChI=1S/C7H14N2O2/c1-2-3-7-6-8(10)4-5-9(7)11/h2,7,10-11H,1,3-6H2. The number of piperazine rings is 1. The molecular formula is C7H14N2O2. The fourth-order valence-corrected chi connectivity index (χ4v) is 1.22. The summed E-state index contributed by atoms with van der Waals surface area (Å²) in [5.41, 5.74) is 0. The van der Waals surface area contributed by atoms with Gasteiger partial charge in [0.25, 0.3) is 0 Å². The monoisotopic (exact) mass is 158 g/mol. The Morgan fingerprint density at radius 1 is 1.45 bits per heavy atom. The summed E-state index contributed by atoms with van der Waals surface area (Å²) in [4.78, 5) is 0. The van der Waals surface area contributed by atoms with E-state index in [1.165, 1.54) is 10.1 Å². The molecule has 1 fully saturated rings. The first-order valence-electron chi connectivity index (χ1n) is 3.74. The summed E-state index contributed by atoms with van der Waals surface area (Å²) in [7, 11) is 0. The second kappa shape index (κ2) is 3.82. The third-order valence-corrected chi connectivity index (χ3v) is 1.87. The van der Waals surface area contributed by atoms with Crippen molar-refractivity contribution >= 4 is 0 Å². The van der Waals surface area contributed by atoms with Crippen LogP contribution >= 0.6 is 0 Å². The molecule has 0 aliphatic carbocycles. The molecule has 1 heterocycles. The van der Waals surface area contributed by atoms with Crippen molar-refractivity contribution in [2.24, 2.45) is 0 Å². The molecule has 1 aliphatic rings. The molecular weight excluding hydrogens is 144 g/mol. The SMILES string of the molecule is C=CCC1CN(O)CCN1O. The van der Waals surface area contributed by atoms with Crippen LogP contribution in [0.5, 0.6) is 0 Å². The van der Waals surface area contributed by atoms with Crippen LogP contribution in [0.25, 0.3) is 0 Å².